The minimum Gasteiger partial charge on any atom is -0.497 e. The molecule has 1 fully saturated rings. The monoisotopic (exact) mass is 290 g/mol. The molecule has 0 radical (unpaired) electrons. The Labute approximate surface area is 129 Å². The molecule has 0 bridgehead atoms. The highest BCUT2D eigenvalue weighted by Gasteiger charge is 2.39. The van der Waals surface area contributed by atoms with E-state index in [1.807, 2.05) is 12.1 Å². The maximum atomic E-state index is 6.18. The predicted molar refractivity (Wildman–Crippen MR) is 88.4 cm³/mol. The van der Waals surface area contributed by atoms with Crippen molar-refractivity contribution in [1.29, 1.82) is 0 Å². The van der Waals surface area contributed by atoms with E-state index in [2.05, 4.69) is 37.9 Å². The van der Waals surface area contributed by atoms with Crippen molar-refractivity contribution in [3.05, 3.63) is 29.8 Å². The van der Waals surface area contributed by atoms with Gasteiger partial charge in [-0.25, -0.2) is 0 Å². The molecular weight excluding hydrogens is 260 g/mol. The van der Waals surface area contributed by atoms with Crippen LogP contribution < -0.4 is 10.5 Å². The molecule has 3 nitrogen and oxygen atoms in total. The summed E-state index contributed by atoms with van der Waals surface area (Å²) in [6.45, 7) is 6.43. The second-order valence-electron chi connectivity index (χ2n) is 6.83. The van der Waals surface area contributed by atoms with Crippen molar-refractivity contribution in [2.24, 2.45) is 17.6 Å². The van der Waals surface area contributed by atoms with Gasteiger partial charge in [0.25, 0.3) is 0 Å². The van der Waals surface area contributed by atoms with Gasteiger partial charge in [-0.1, -0.05) is 26.0 Å². The molecule has 0 heterocycles. The van der Waals surface area contributed by atoms with Crippen molar-refractivity contribution in [3.63, 3.8) is 0 Å². The minimum atomic E-state index is 0.159. The summed E-state index contributed by atoms with van der Waals surface area (Å²) in [5.74, 6) is 2.48. The molecule has 3 heteroatoms. The number of methoxy groups -OCH3 is 1. The first kappa shape index (κ1) is 16.3. The molecule has 0 spiro atoms. The number of benzene rings is 1. The number of nitrogens with two attached hydrogens (primary N) is 1. The highest BCUT2D eigenvalue weighted by atomic mass is 16.5. The number of ether oxygens (including phenoxy) is 1. The third-order valence-corrected chi connectivity index (χ3v) is 5.51. The van der Waals surface area contributed by atoms with Gasteiger partial charge < -0.3 is 10.5 Å². The number of nitrogens with zero attached hydrogens (tertiary/aromatic N) is 1. The van der Waals surface area contributed by atoms with Crippen molar-refractivity contribution < 1.29 is 4.74 Å². The Morgan fingerprint density at radius 1 is 1.24 bits per heavy atom. The highest BCUT2D eigenvalue weighted by Crippen LogP contribution is 2.39. The molecule has 3 atom stereocenters. The SMILES string of the molecule is COc1ccc(CN(C)C2(CN)CCC(C)C(C)C2)cc1. The van der Waals surface area contributed by atoms with Gasteiger partial charge in [-0.3, -0.25) is 4.90 Å². The fraction of sp³-hybridized carbons (Fsp3) is 0.667. The van der Waals surface area contributed by atoms with Gasteiger partial charge in [0, 0.05) is 18.6 Å². The molecule has 21 heavy (non-hydrogen) atoms. The Balaban J connectivity index is 2.07. The Morgan fingerprint density at radius 3 is 2.43 bits per heavy atom. The van der Waals surface area contributed by atoms with Crippen molar-refractivity contribution in [1.82, 2.24) is 4.90 Å². The van der Waals surface area contributed by atoms with Gasteiger partial charge in [0.2, 0.25) is 0 Å². The first-order chi connectivity index (χ1) is 10.0. The van der Waals surface area contributed by atoms with Gasteiger partial charge in [0.05, 0.1) is 7.11 Å². The summed E-state index contributed by atoms with van der Waals surface area (Å²) < 4.78 is 5.22. The fourth-order valence-corrected chi connectivity index (χ4v) is 3.54. The molecule has 0 saturated heterocycles. The van der Waals surface area contributed by atoms with E-state index in [0.29, 0.717) is 0 Å². The second kappa shape index (κ2) is 6.80. The van der Waals surface area contributed by atoms with Gasteiger partial charge in [-0.15, -0.1) is 0 Å². The van der Waals surface area contributed by atoms with E-state index < -0.39 is 0 Å². The summed E-state index contributed by atoms with van der Waals surface area (Å²) >= 11 is 0. The second-order valence-corrected chi connectivity index (χ2v) is 6.83. The van der Waals surface area contributed by atoms with Gasteiger partial charge in [0.1, 0.15) is 5.75 Å². The lowest BCUT2D eigenvalue weighted by Crippen LogP contribution is -2.55. The zero-order chi connectivity index (χ0) is 15.5. The quantitative estimate of drug-likeness (QED) is 0.904. The van der Waals surface area contributed by atoms with Crippen LogP contribution in [0.15, 0.2) is 24.3 Å². The highest BCUT2D eigenvalue weighted by molar-refractivity contribution is 5.27. The summed E-state index contributed by atoms with van der Waals surface area (Å²) in [5, 5.41) is 0. The van der Waals surface area contributed by atoms with Crippen LogP contribution in [-0.2, 0) is 6.54 Å². The summed E-state index contributed by atoms with van der Waals surface area (Å²) in [6.07, 6.45) is 3.70. The van der Waals surface area contributed by atoms with Gasteiger partial charge in [0.15, 0.2) is 0 Å². The summed E-state index contributed by atoms with van der Waals surface area (Å²) in [4.78, 5) is 2.47. The zero-order valence-corrected chi connectivity index (χ0v) is 13.9. The van der Waals surface area contributed by atoms with E-state index >= 15 is 0 Å². The van der Waals surface area contributed by atoms with Crippen LogP contribution in [0.25, 0.3) is 0 Å². The fourth-order valence-electron chi connectivity index (χ4n) is 3.54. The van der Waals surface area contributed by atoms with Crippen LogP contribution in [0.3, 0.4) is 0 Å². The van der Waals surface area contributed by atoms with Crippen molar-refractivity contribution >= 4 is 0 Å². The largest absolute Gasteiger partial charge is 0.497 e. The smallest absolute Gasteiger partial charge is 0.118 e. The number of hydrogen-bond donors (Lipinski definition) is 1. The van der Waals surface area contributed by atoms with Crippen LogP contribution in [0, 0.1) is 11.8 Å². The Kier molecular flexibility index (Phi) is 5.28. The van der Waals surface area contributed by atoms with Crippen LogP contribution in [0.5, 0.6) is 5.75 Å². The van der Waals surface area contributed by atoms with Crippen LogP contribution in [0.1, 0.15) is 38.7 Å². The molecule has 1 aliphatic rings. The number of rotatable bonds is 5. The summed E-state index contributed by atoms with van der Waals surface area (Å²) in [6, 6.07) is 8.36. The Morgan fingerprint density at radius 2 is 1.90 bits per heavy atom. The first-order valence-corrected chi connectivity index (χ1v) is 8.05. The van der Waals surface area contributed by atoms with Crippen molar-refractivity contribution in [2.45, 2.75) is 45.2 Å². The maximum Gasteiger partial charge on any atom is 0.118 e. The van der Waals surface area contributed by atoms with E-state index in [9.17, 15) is 0 Å². The molecular formula is C18H30N2O. The molecule has 118 valence electrons. The van der Waals surface area contributed by atoms with E-state index in [1.54, 1.807) is 7.11 Å². The van der Waals surface area contributed by atoms with Crippen LogP contribution in [-0.4, -0.2) is 31.1 Å². The molecule has 2 rings (SSSR count). The van der Waals surface area contributed by atoms with E-state index in [4.69, 9.17) is 10.5 Å². The standard InChI is InChI=1S/C18H30N2O/c1-14-9-10-18(13-19,11-15(14)2)20(3)12-16-5-7-17(21-4)8-6-16/h5-8,14-15H,9-13,19H2,1-4H3. The lowest BCUT2D eigenvalue weighted by Gasteiger charge is -2.48. The Bertz CT molecular complexity index is 445. The third kappa shape index (κ3) is 3.58. The molecule has 0 aromatic heterocycles. The minimum absolute atomic E-state index is 0.159. The predicted octanol–water partition coefficient (Wildman–Crippen LogP) is 3.28. The van der Waals surface area contributed by atoms with E-state index in [0.717, 1.165) is 30.7 Å². The van der Waals surface area contributed by atoms with Crippen LogP contribution in [0.2, 0.25) is 0 Å². The molecule has 1 aliphatic carbocycles. The topological polar surface area (TPSA) is 38.5 Å². The third-order valence-electron chi connectivity index (χ3n) is 5.51. The van der Waals surface area contributed by atoms with Crippen molar-refractivity contribution in [2.75, 3.05) is 20.7 Å². The van der Waals surface area contributed by atoms with E-state index in [-0.39, 0.29) is 5.54 Å². The molecule has 1 aromatic carbocycles. The molecule has 1 saturated carbocycles. The molecule has 0 aliphatic heterocycles. The van der Waals surface area contributed by atoms with Crippen molar-refractivity contribution in [3.8, 4) is 5.75 Å². The van der Waals surface area contributed by atoms with Gasteiger partial charge in [-0.2, -0.15) is 0 Å². The summed E-state index contributed by atoms with van der Waals surface area (Å²) in [5.41, 5.74) is 7.66. The molecule has 1 aromatic rings. The molecule has 2 N–H and O–H groups in total. The zero-order valence-electron chi connectivity index (χ0n) is 13.9. The molecule has 3 unspecified atom stereocenters. The average molecular weight is 290 g/mol. The maximum absolute atomic E-state index is 6.18. The normalized spacial score (nSPS) is 29.6. The van der Waals surface area contributed by atoms with E-state index in [1.165, 1.54) is 24.8 Å². The van der Waals surface area contributed by atoms with Crippen LogP contribution in [0.4, 0.5) is 0 Å². The molecule has 0 amide bonds. The first-order valence-electron chi connectivity index (χ1n) is 8.05. The average Bonchev–Trinajstić information content (AvgIpc) is 2.51. The van der Waals surface area contributed by atoms with Gasteiger partial charge >= 0.3 is 0 Å². The number of likely N-dealkylation sites (N-methyl/N-ethyl adjacent to an activating group) is 1. The van der Waals surface area contributed by atoms with Crippen LogP contribution >= 0.6 is 0 Å². The number of hydrogen-bond acceptors (Lipinski definition) is 3. The lowest BCUT2D eigenvalue weighted by molar-refractivity contribution is 0.0349. The lowest BCUT2D eigenvalue weighted by atomic mass is 9.70. The summed E-state index contributed by atoms with van der Waals surface area (Å²) in [7, 11) is 3.93. The Hall–Kier alpha value is -1.06. The van der Waals surface area contributed by atoms with Gasteiger partial charge in [-0.05, 0) is 55.8 Å².